The highest BCUT2D eigenvalue weighted by Gasteiger charge is 2.23. The van der Waals surface area contributed by atoms with Crippen LogP contribution in [0.15, 0.2) is 65.8 Å². The molecule has 5 nitrogen and oxygen atoms in total. The number of ether oxygens (including phenoxy) is 1. The Morgan fingerprint density at radius 2 is 1.89 bits per heavy atom. The number of benzene rings is 2. The van der Waals surface area contributed by atoms with Gasteiger partial charge in [0.15, 0.2) is 11.9 Å². The molecule has 0 radical (unpaired) electrons. The van der Waals surface area contributed by atoms with Crippen LogP contribution in [0.25, 0.3) is 17.3 Å². The minimum absolute atomic E-state index is 0.354. The van der Waals surface area contributed by atoms with Crippen LogP contribution in [0, 0.1) is 0 Å². The van der Waals surface area contributed by atoms with E-state index in [9.17, 15) is 0 Å². The first-order valence-corrected chi connectivity index (χ1v) is 10.5. The van der Waals surface area contributed by atoms with Gasteiger partial charge in [-0.1, -0.05) is 79.7 Å². The first-order valence-electron chi connectivity index (χ1n) is 9.47. The van der Waals surface area contributed by atoms with Crippen molar-refractivity contribution in [2.45, 2.75) is 31.1 Å². The molecular formula is C22H22N4OS. The van der Waals surface area contributed by atoms with Crippen molar-refractivity contribution >= 4 is 23.5 Å². The number of hydrogen-bond donors (Lipinski definition) is 1. The van der Waals surface area contributed by atoms with Crippen molar-refractivity contribution in [2.75, 3.05) is 11.1 Å². The fourth-order valence-corrected chi connectivity index (χ4v) is 3.75. The van der Waals surface area contributed by atoms with Crippen LogP contribution < -0.4 is 10.1 Å². The average molecular weight is 391 g/mol. The molecule has 1 aliphatic heterocycles. The predicted molar refractivity (Wildman–Crippen MR) is 114 cm³/mol. The van der Waals surface area contributed by atoms with Crippen LogP contribution in [0.2, 0.25) is 0 Å². The SMILES string of the molecule is CCCCSc1nnc2c(n1)OC(/C=C/c1ccccc1)Nc1ccccc1-2. The summed E-state index contributed by atoms with van der Waals surface area (Å²) < 4.78 is 6.18. The van der Waals surface area contributed by atoms with Gasteiger partial charge in [-0.2, -0.15) is 4.98 Å². The number of hydrogen-bond acceptors (Lipinski definition) is 6. The highest BCUT2D eigenvalue weighted by atomic mass is 32.2. The van der Waals surface area contributed by atoms with E-state index in [0.717, 1.165) is 35.4 Å². The van der Waals surface area contributed by atoms with Gasteiger partial charge in [-0.15, -0.1) is 10.2 Å². The third kappa shape index (κ3) is 4.34. The van der Waals surface area contributed by atoms with Gasteiger partial charge in [-0.05, 0) is 24.1 Å². The van der Waals surface area contributed by atoms with Gasteiger partial charge in [0.1, 0.15) is 0 Å². The quantitative estimate of drug-likeness (QED) is 0.457. The predicted octanol–water partition coefficient (Wildman–Crippen LogP) is 5.27. The number of para-hydroxylation sites is 1. The number of nitrogens with zero attached hydrogens (tertiary/aromatic N) is 3. The molecule has 6 heteroatoms. The van der Waals surface area contributed by atoms with E-state index in [2.05, 4.69) is 39.6 Å². The maximum Gasteiger partial charge on any atom is 0.247 e. The third-order valence-corrected chi connectivity index (χ3v) is 5.27. The van der Waals surface area contributed by atoms with E-state index in [4.69, 9.17) is 4.74 Å². The fourth-order valence-electron chi connectivity index (χ4n) is 2.89. The van der Waals surface area contributed by atoms with Crippen LogP contribution in [0.5, 0.6) is 5.88 Å². The Morgan fingerprint density at radius 3 is 2.75 bits per heavy atom. The number of fused-ring (bicyclic) bond motifs is 3. The molecule has 0 amide bonds. The molecule has 0 spiro atoms. The van der Waals surface area contributed by atoms with E-state index in [1.165, 1.54) is 0 Å². The molecule has 0 bridgehead atoms. The molecule has 0 aliphatic carbocycles. The molecule has 3 aromatic rings. The molecule has 1 unspecified atom stereocenters. The van der Waals surface area contributed by atoms with E-state index >= 15 is 0 Å². The second-order valence-electron chi connectivity index (χ2n) is 6.45. The van der Waals surface area contributed by atoms with Crippen molar-refractivity contribution < 1.29 is 4.74 Å². The van der Waals surface area contributed by atoms with Gasteiger partial charge >= 0.3 is 0 Å². The van der Waals surface area contributed by atoms with Crippen molar-refractivity contribution in [3.63, 3.8) is 0 Å². The molecule has 142 valence electrons. The summed E-state index contributed by atoms with van der Waals surface area (Å²) in [6.07, 6.45) is 5.95. The van der Waals surface area contributed by atoms with E-state index < -0.39 is 0 Å². The first-order chi connectivity index (χ1) is 13.8. The zero-order valence-corrected chi connectivity index (χ0v) is 16.5. The van der Waals surface area contributed by atoms with Crippen LogP contribution in [-0.2, 0) is 0 Å². The molecule has 1 aromatic heterocycles. The Balaban J connectivity index is 1.65. The van der Waals surface area contributed by atoms with Crippen LogP contribution in [0.3, 0.4) is 0 Å². The molecule has 1 N–H and O–H groups in total. The van der Waals surface area contributed by atoms with Gasteiger partial charge in [0, 0.05) is 17.0 Å². The lowest BCUT2D eigenvalue weighted by molar-refractivity contribution is 0.266. The van der Waals surface area contributed by atoms with Gasteiger partial charge < -0.3 is 10.1 Å². The number of aromatic nitrogens is 3. The van der Waals surface area contributed by atoms with Crippen molar-refractivity contribution in [1.29, 1.82) is 0 Å². The zero-order valence-electron chi connectivity index (χ0n) is 15.7. The lowest BCUT2D eigenvalue weighted by Crippen LogP contribution is -2.23. The highest BCUT2D eigenvalue weighted by Crippen LogP contribution is 2.36. The number of unbranched alkanes of at least 4 members (excludes halogenated alkanes) is 1. The maximum absolute atomic E-state index is 6.18. The Hall–Kier alpha value is -2.86. The van der Waals surface area contributed by atoms with Crippen molar-refractivity contribution in [2.24, 2.45) is 0 Å². The molecule has 1 aliphatic rings. The smallest absolute Gasteiger partial charge is 0.247 e. The van der Waals surface area contributed by atoms with E-state index in [1.54, 1.807) is 11.8 Å². The van der Waals surface area contributed by atoms with Crippen molar-refractivity contribution in [3.05, 3.63) is 66.2 Å². The number of rotatable bonds is 6. The van der Waals surface area contributed by atoms with Crippen LogP contribution in [-0.4, -0.2) is 27.2 Å². The van der Waals surface area contributed by atoms with Gasteiger partial charge in [0.2, 0.25) is 11.0 Å². The standard InChI is InChI=1S/C22H22N4OS/c1-2-3-15-28-22-24-21-20(25-26-22)17-11-7-8-12-18(17)23-19(27-21)14-13-16-9-5-4-6-10-16/h4-14,19,23H,2-3,15H2,1H3/b14-13+. The summed E-state index contributed by atoms with van der Waals surface area (Å²) in [6.45, 7) is 2.17. The highest BCUT2D eigenvalue weighted by molar-refractivity contribution is 7.99. The van der Waals surface area contributed by atoms with Crippen molar-refractivity contribution in [1.82, 2.24) is 15.2 Å². The van der Waals surface area contributed by atoms with E-state index in [0.29, 0.717) is 16.7 Å². The number of anilines is 1. The molecule has 0 saturated heterocycles. The lowest BCUT2D eigenvalue weighted by Gasteiger charge is -2.15. The summed E-state index contributed by atoms with van der Waals surface area (Å²) in [6, 6.07) is 18.1. The maximum atomic E-state index is 6.18. The summed E-state index contributed by atoms with van der Waals surface area (Å²) in [5, 5.41) is 12.8. The van der Waals surface area contributed by atoms with Crippen molar-refractivity contribution in [3.8, 4) is 17.1 Å². The summed E-state index contributed by atoms with van der Waals surface area (Å²) >= 11 is 1.61. The molecule has 0 fully saturated rings. The van der Waals surface area contributed by atoms with E-state index in [1.807, 2.05) is 54.6 Å². The largest absolute Gasteiger partial charge is 0.448 e. The van der Waals surface area contributed by atoms with Crippen LogP contribution in [0.4, 0.5) is 5.69 Å². The zero-order chi connectivity index (χ0) is 19.2. The van der Waals surface area contributed by atoms with Gasteiger partial charge in [-0.25, -0.2) is 0 Å². The summed E-state index contributed by atoms with van der Waals surface area (Å²) in [7, 11) is 0. The second-order valence-corrected chi connectivity index (χ2v) is 7.51. The van der Waals surface area contributed by atoms with Crippen LogP contribution >= 0.6 is 11.8 Å². The van der Waals surface area contributed by atoms with Gasteiger partial charge in [0.25, 0.3) is 0 Å². The van der Waals surface area contributed by atoms with Crippen LogP contribution in [0.1, 0.15) is 25.3 Å². The Labute approximate surface area is 169 Å². The summed E-state index contributed by atoms with van der Waals surface area (Å²) in [5.74, 6) is 1.48. The van der Waals surface area contributed by atoms with E-state index in [-0.39, 0.29) is 6.23 Å². The third-order valence-electron chi connectivity index (χ3n) is 4.35. The monoisotopic (exact) mass is 390 g/mol. The fraction of sp³-hybridized carbons (Fsp3) is 0.227. The normalized spacial score (nSPS) is 15.2. The Morgan fingerprint density at radius 1 is 1.07 bits per heavy atom. The molecular weight excluding hydrogens is 368 g/mol. The number of nitrogens with one attached hydrogen (secondary N) is 1. The average Bonchev–Trinajstić information content (AvgIpc) is 2.89. The van der Waals surface area contributed by atoms with Gasteiger partial charge in [-0.3, -0.25) is 0 Å². The number of thioether (sulfide) groups is 1. The molecule has 4 rings (SSSR count). The minimum Gasteiger partial charge on any atom is -0.448 e. The topological polar surface area (TPSA) is 59.9 Å². The minimum atomic E-state index is -0.354. The molecule has 2 aromatic carbocycles. The summed E-state index contributed by atoms with van der Waals surface area (Å²) in [4.78, 5) is 4.64. The lowest BCUT2D eigenvalue weighted by atomic mass is 10.1. The Bertz CT molecular complexity index is 962. The second kappa shape index (κ2) is 8.89. The molecule has 1 atom stereocenters. The first kappa shape index (κ1) is 18.5. The van der Waals surface area contributed by atoms with Gasteiger partial charge in [0.05, 0.1) is 0 Å². The molecule has 0 saturated carbocycles. The Kier molecular flexibility index (Phi) is 5.87. The molecule has 2 heterocycles. The summed E-state index contributed by atoms with van der Waals surface area (Å²) in [5.41, 5.74) is 3.67. The molecule has 28 heavy (non-hydrogen) atoms.